The van der Waals surface area contributed by atoms with E-state index in [1.54, 1.807) is 43.5 Å². The standard InChI is InChI=1S/C25H21NO5/c1-16(27)31-20-9-5-18(6-10-20)25(29)15-26-14-23(17-3-7-19(28)8-4-17)22-12-11-21(30-2)13-24(22)26/h3-14,28H,15H2,1-2H3. The van der Waals surface area contributed by atoms with Gasteiger partial charge in [0.25, 0.3) is 0 Å². The number of Topliss-reactive ketones (excluding diaryl/α,β-unsaturated/α-hetero) is 1. The Morgan fingerprint density at radius 3 is 2.26 bits per heavy atom. The molecule has 0 spiro atoms. The highest BCUT2D eigenvalue weighted by Gasteiger charge is 2.15. The number of methoxy groups -OCH3 is 1. The average molecular weight is 415 g/mol. The fraction of sp³-hybridized carbons (Fsp3) is 0.120. The van der Waals surface area contributed by atoms with Crippen LogP contribution in [0.4, 0.5) is 0 Å². The van der Waals surface area contributed by atoms with Crippen molar-refractivity contribution in [1.82, 2.24) is 4.57 Å². The molecule has 0 radical (unpaired) electrons. The average Bonchev–Trinajstić information content (AvgIpc) is 3.11. The van der Waals surface area contributed by atoms with Gasteiger partial charge in [-0.3, -0.25) is 9.59 Å². The van der Waals surface area contributed by atoms with E-state index in [4.69, 9.17) is 9.47 Å². The number of hydrogen-bond donors (Lipinski definition) is 1. The summed E-state index contributed by atoms with van der Waals surface area (Å²) in [5.74, 6) is 0.804. The first kappa shape index (κ1) is 20.2. The van der Waals surface area contributed by atoms with Crippen LogP contribution in [0.1, 0.15) is 17.3 Å². The third-order valence-corrected chi connectivity index (χ3v) is 5.02. The number of ketones is 1. The minimum absolute atomic E-state index is 0.0775. The molecule has 1 aromatic heterocycles. The second-order valence-electron chi connectivity index (χ2n) is 7.14. The number of rotatable bonds is 6. The van der Waals surface area contributed by atoms with E-state index in [1.807, 2.05) is 41.1 Å². The highest BCUT2D eigenvalue weighted by atomic mass is 16.5. The van der Waals surface area contributed by atoms with E-state index >= 15 is 0 Å². The fourth-order valence-corrected chi connectivity index (χ4v) is 3.52. The molecule has 0 fully saturated rings. The largest absolute Gasteiger partial charge is 0.508 e. The van der Waals surface area contributed by atoms with Crippen LogP contribution < -0.4 is 9.47 Å². The summed E-state index contributed by atoms with van der Waals surface area (Å²) in [6.07, 6.45) is 1.93. The molecular formula is C25H21NO5. The van der Waals surface area contributed by atoms with Gasteiger partial charge in [-0.25, -0.2) is 0 Å². The van der Waals surface area contributed by atoms with Gasteiger partial charge in [0.1, 0.15) is 17.2 Å². The summed E-state index contributed by atoms with van der Waals surface area (Å²) >= 11 is 0. The topological polar surface area (TPSA) is 77.8 Å². The highest BCUT2D eigenvalue weighted by Crippen LogP contribution is 2.33. The zero-order chi connectivity index (χ0) is 22.0. The molecule has 0 amide bonds. The second kappa shape index (κ2) is 8.36. The van der Waals surface area contributed by atoms with Crippen LogP contribution in [-0.4, -0.2) is 28.5 Å². The summed E-state index contributed by atoms with van der Waals surface area (Å²) < 4.78 is 12.3. The SMILES string of the molecule is COc1ccc2c(-c3ccc(O)cc3)cn(CC(=O)c3ccc(OC(C)=O)cc3)c2c1. The van der Waals surface area contributed by atoms with Gasteiger partial charge >= 0.3 is 5.97 Å². The number of hydrogen-bond acceptors (Lipinski definition) is 5. The zero-order valence-electron chi connectivity index (χ0n) is 17.2. The predicted octanol–water partition coefficient (Wildman–Crippen LogP) is 4.83. The zero-order valence-corrected chi connectivity index (χ0v) is 17.2. The van der Waals surface area contributed by atoms with Crippen molar-refractivity contribution >= 4 is 22.7 Å². The van der Waals surface area contributed by atoms with E-state index < -0.39 is 5.97 Å². The smallest absolute Gasteiger partial charge is 0.308 e. The van der Waals surface area contributed by atoms with Crippen molar-refractivity contribution in [3.05, 3.63) is 78.5 Å². The first-order valence-electron chi connectivity index (χ1n) is 9.72. The molecule has 3 aromatic carbocycles. The van der Waals surface area contributed by atoms with Gasteiger partial charge in [-0.1, -0.05) is 12.1 Å². The van der Waals surface area contributed by atoms with E-state index in [0.29, 0.717) is 17.1 Å². The van der Waals surface area contributed by atoms with Crippen LogP contribution in [0.5, 0.6) is 17.2 Å². The van der Waals surface area contributed by atoms with Crippen molar-refractivity contribution in [2.45, 2.75) is 13.5 Å². The van der Waals surface area contributed by atoms with E-state index in [9.17, 15) is 14.7 Å². The molecule has 6 heteroatoms. The number of carbonyl (C=O) groups is 2. The number of esters is 1. The summed E-state index contributed by atoms with van der Waals surface area (Å²) in [6.45, 7) is 1.46. The first-order valence-corrected chi connectivity index (χ1v) is 9.72. The van der Waals surface area contributed by atoms with Gasteiger partial charge < -0.3 is 19.1 Å². The number of nitrogens with zero attached hydrogens (tertiary/aromatic N) is 1. The van der Waals surface area contributed by atoms with Crippen LogP contribution >= 0.6 is 0 Å². The number of phenols is 1. The molecular weight excluding hydrogens is 394 g/mol. The van der Waals surface area contributed by atoms with Crippen molar-refractivity contribution in [2.24, 2.45) is 0 Å². The lowest BCUT2D eigenvalue weighted by atomic mass is 10.0. The molecule has 0 aliphatic carbocycles. The molecule has 0 aliphatic heterocycles. The molecule has 0 bridgehead atoms. The summed E-state index contributed by atoms with van der Waals surface area (Å²) in [4.78, 5) is 24.0. The number of carbonyl (C=O) groups excluding carboxylic acids is 2. The molecule has 4 aromatic rings. The van der Waals surface area contributed by atoms with Gasteiger partial charge in [-0.2, -0.15) is 0 Å². The molecule has 0 aliphatic rings. The number of aromatic nitrogens is 1. The lowest BCUT2D eigenvalue weighted by Gasteiger charge is -2.07. The van der Waals surface area contributed by atoms with Gasteiger partial charge in [-0.15, -0.1) is 0 Å². The maximum absolute atomic E-state index is 12.9. The number of phenolic OH excluding ortho intramolecular Hbond substituents is 1. The highest BCUT2D eigenvalue weighted by molar-refractivity contribution is 6.00. The van der Waals surface area contributed by atoms with E-state index in [2.05, 4.69) is 0 Å². The minimum atomic E-state index is -0.409. The van der Waals surface area contributed by atoms with Crippen LogP contribution in [0, 0.1) is 0 Å². The Balaban J connectivity index is 1.70. The lowest BCUT2D eigenvalue weighted by Crippen LogP contribution is -2.10. The monoisotopic (exact) mass is 415 g/mol. The molecule has 0 atom stereocenters. The molecule has 1 heterocycles. The number of fused-ring (bicyclic) bond motifs is 1. The van der Waals surface area contributed by atoms with Crippen molar-refractivity contribution in [2.75, 3.05) is 7.11 Å². The third-order valence-electron chi connectivity index (χ3n) is 5.02. The van der Waals surface area contributed by atoms with Crippen LogP contribution in [0.3, 0.4) is 0 Å². The second-order valence-corrected chi connectivity index (χ2v) is 7.14. The predicted molar refractivity (Wildman–Crippen MR) is 118 cm³/mol. The Hall–Kier alpha value is -4.06. The van der Waals surface area contributed by atoms with E-state index in [1.165, 1.54) is 6.92 Å². The van der Waals surface area contributed by atoms with E-state index in [0.717, 1.165) is 22.0 Å². The number of benzene rings is 3. The maximum atomic E-state index is 12.9. The van der Waals surface area contributed by atoms with Crippen LogP contribution in [0.15, 0.2) is 72.9 Å². The Bertz CT molecular complexity index is 1250. The Labute approximate surface area is 179 Å². The lowest BCUT2D eigenvalue weighted by molar-refractivity contribution is -0.131. The molecule has 0 unspecified atom stereocenters. The molecule has 31 heavy (non-hydrogen) atoms. The molecule has 156 valence electrons. The summed E-state index contributed by atoms with van der Waals surface area (Å²) in [5.41, 5.74) is 3.28. The van der Waals surface area contributed by atoms with Gasteiger partial charge in [0.2, 0.25) is 0 Å². The minimum Gasteiger partial charge on any atom is -0.508 e. The number of aromatic hydroxyl groups is 1. The van der Waals surface area contributed by atoms with Crippen molar-refractivity contribution < 1.29 is 24.2 Å². The van der Waals surface area contributed by atoms with E-state index in [-0.39, 0.29) is 18.1 Å². The fourth-order valence-electron chi connectivity index (χ4n) is 3.52. The molecule has 0 saturated carbocycles. The Morgan fingerprint density at radius 2 is 1.61 bits per heavy atom. The Morgan fingerprint density at radius 1 is 0.935 bits per heavy atom. The first-order chi connectivity index (χ1) is 14.9. The quantitative estimate of drug-likeness (QED) is 0.277. The van der Waals surface area contributed by atoms with Gasteiger partial charge in [0.05, 0.1) is 19.2 Å². The summed E-state index contributed by atoms with van der Waals surface area (Å²) in [5, 5.41) is 10.6. The molecule has 4 rings (SSSR count). The number of ether oxygens (including phenoxy) is 2. The maximum Gasteiger partial charge on any atom is 0.308 e. The molecule has 0 saturated heterocycles. The normalized spacial score (nSPS) is 10.8. The van der Waals surface area contributed by atoms with Gasteiger partial charge in [-0.05, 0) is 54.1 Å². The van der Waals surface area contributed by atoms with Crippen LogP contribution in [0.2, 0.25) is 0 Å². The van der Waals surface area contributed by atoms with Crippen molar-refractivity contribution in [3.63, 3.8) is 0 Å². The molecule has 1 N–H and O–H groups in total. The third kappa shape index (κ3) is 4.28. The van der Waals surface area contributed by atoms with Crippen molar-refractivity contribution in [1.29, 1.82) is 0 Å². The van der Waals surface area contributed by atoms with Crippen LogP contribution in [0.25, 0.3) is 22.0 Å². The summed E-state index contributed by atoms with van der Waals surface area (Å²) in [7, 11) is 1.60. The van der Waals surface area contributed by atoms with Gasteiger partial charge in [0, 0.05) is 35.7 Å². The molecule has 6 nitrogen and oxygen atoms in total. The summed E-state index contributed by atoms with van der Waals surface area (Å²) in [6, 6.07) is 19.2. The van der Waals surface area contributed by atoms with Crippen LogP contribution in [-0.2, 0) is 11.3 Å². The van der Waals surface area contributed by atoms with Gasteiger partial charge in [0.15, 0.2) is 5.78 Å². The van der Waals surface area contributed by atoms with Crippen molar-refractivity contribution in [3.8, 4) is 28.4 Å². The Kier molecular flexibility index (Phi) is 5.45.